The first-order chi connectivity index (χ1) is 11.9. The molecular formula is C18H22N2O5. The maximum atomic E-state index is 11.9. The Bertz CT molecular complexity index is 687. The number of hydrogen-bond donors (Lipinski definition) is 1. The van der Waals surface area contributed by atoms with E-state index in [9.17, 15) is 14.4 Å². The third-order valence-electron chi connectivity index (χ3n) is 4.20. The van der Waals surface area contributed by atoms with E-state index in [0.29, 0.717) is 24.3 Å². The van der Waals surface area contributed by atoms with Crippen LogP contribution in [0.3, 0.4) is 0 Å². The molecule has 0 atom stereocenters. The molecule has 0 saturated carbocycles. The van der Waals surface area contributed by atoms with Crippen LogP contribution in [0.1, 0.15) is 50.0 Å². The normalized spacial score (nSPS) is 14.4. The summed E-state index contributed by atoms with van der Waals surface area (Å²) in [6.07, 6.45) is 4.63. The van der Waals surface area contributed by atoms with Gasteiger partial charge in [-0.2, -0.15) is 0 Å². The maximum absolute atomic E-state index is 11.9. The van der Waals surface area contributed by atoms with E-state index < -0.39 is 5.97 Å². The van der Waals surface area contributed by atoms with Crippen LogP contribution in [0, 0.1) is 0 Å². The molecule has 134 valence electrons. The molecule has 0 saturated heterocycles. The Morgan fingerprint density at radius 3 is 2.40 bits per heavy atom. The minimum Gasteiger partial charge on any atom is -0.491 e. The summed E-state index contributed by atoms with van der Waals surface area (Å²) >= 11 is 0. The lowest BCUT2D eigenvalue weighted by Gasteiger charge is -2.14. The molecule has 7 nitrogen and oxygen atoms in total. The lowest BCUT2D eigenvalue weighted by Crippen LogP contribution is -2.32. The fourth-order valence-corrected chi connectivity index (χ4v) is 2.60. The van der Waals surface area contributed by atoms with Crippen LogP contribution in [0.25, 0.3) is 0 Å². The molecule has 2 heterocycles. The van der Waals surface area contributed by atoms with Crippen LogP contribution in [0.15, 0.2) is 29.5 Å². The van der Waals surface area contributed by atoms with Gasteiger partial charge in [0, 0.05) is 23.9 Å². The number of imide groups is 1. The molecule has 0 aromatic carbocycles. The number of aromatic carboxylic acids is 1. The van der Waals surface area contributed by atoms with Crippen molar-refractivity contribution in [2.24, 2.45) is 0 Å². The standard InChI is InChI=1S/C18H22N2O5/c1-12-13(2)17(22)20(16(12)21)10-5-3-4-6-11-25-14-8-7-9-19-15(14)18(23)24/h7-9H,3-6,10-11H2,1-2H3,(H,23,24). The molecule has 2 rings (SSSR count). The number of aromatic nitrogens is 1. The van der Waals surface area contributed by atoms with Crippen LogP contribution < -0.4 is 4.74 Å². The van der Waals surface area contributed by atoms with Gasteiger partial charge in [-0.3, -0.25) is 14.5 Å². The first-order valence-electron chi connectivity index (χ1n) is 8.28. The van der Waals surface area contributed by atoms with Crippen molar-refractivity contribution < 1.29 is 24.2 Å². The second-order valence-corrected chi connectivity index (χ2v) is 5.93. The van der Waals surface area contributed by atoms with Gasteiger partial charge < -0.3 is 9.84 Å². The summed E-state index contributed by atoms with van der Waals surface area (Å²) in [6, 6.07) is 3.21. The summed E-state index contributed by atoms with van der Waals surface area (Å²) in [5.41, 5.74) is 0.972. The predicted molar refractivity (Wildman–Crippen MR) is 90.3 cm³/mol. The number of hydrogen-bond acceptors (Lipinski definition) is 5. The Morgan fingerprint density at radius 2 is 1.76 bits per heavy atom. The molecule has 1 aromatic rings. The van der Waals surface area contributed by atoms with Crippen molar-refractivity contribution in [1.82, 2.24) is 9.88 Å². The van der Waals surface area contributed by atoms with E-state index in [1.54, 1.807) is 26.0 Å². The smallest absolute Gasteiger partial charge is 0.358 e. The largest absolute Gasteiger partial charge is 0.491 e. The average molecular weight is 346 g/mol. The molecule has 0 spiro atoms. The van der Waals surface area contributed by atoms with E-state index >= 15 is 0 Å². The van der Waals surface area contributed by atoms with Crippen LogP contribution in [-0.4, -0.2) is 45.9 Å². The van der Waals surface area contributed by atoms with Crippen LogP contribution in [0.4, 0.5) is 0 Å². The van der Waals surface area contributed by atoms with Gasteiger partial charge in [0.1, 0.15) is 0 Å². The summed E-state index contributed by atoms with van der Waals surface area (Å²) < 4.78 is 5.47. The number of carboxylic acid groups (broad SMARTS) is 1. The highest BCUT2D eigenvalue weighted by Gasteiger charge is 2.32. The second-order valence-electron chi connectivity index (χ2n) is 5.93. The topological polar surface area (TPSA) is 96.8 Å². The lowest BCUT2D eigenvalue weighted by atomic mass is 10.2. The van der Waals surface area contributed by atoms with Crippen molar-refractivity contribution in [3.05, 3.63) is 35.2 Å². The minimum atomic E-state index is -1.12. The van der Waals surface area contributed by atoms with Crippen molar-refractivity contribution in [3.63, 3.8) is 0 Å². The third kappa shape index (κ3) is 4.43. The summed E-state index contributed by atoms with van der Waals surface area (Å²) in [5, 5.41) is 9.02. The Balaban J connectivity index is 1.64. The van der Waals surface area contributed by atoms with Crippen molar-refractivity contribution in [2.75, 3.05) is 13.2 Å². The highest BCUT2D eigenvalue weighted by molar-refractivity contribution is 6.18. The minimum absolute atomic E-state index is 0.0909. The van der Waals surface area contributed by atoms with E-state index in [4.69, 9.17) is 9.84 Å². The number of carbonyl (C=O) groups excluding carboxylic acids is 2. The molecule has 1 aliphatic rings. The first kappa shape index (κ1) is 18.6. The fraction of sp³-hybridized carbons (Fsp3) is 0.444. The zero-order chi connectivity index (χ0) is 18.4. The van der Waals surface area contributed by atoms with Gasteiger partial charge >= 0.3 is 5.97 Å². The quantitative estimate of drug-likeness (QED) is 0.545. The van der Waals surface area contributed by atoms with E-state index in [-0.39, 0.29) is 23.3 Å². The molecule has 2 amide bonds. The monoisotopic (exact) mass is 346 g/mol. The van der Waals surface area contributed by atoms with Gasteiger partial charge in [-0.05, 0) is 38.8 Å². The van der Waals surface area contributed by atoms with Crippen LogP contribution in [0.2, 0.25) is 0 Å². The molecule has 7 heteroatoms. The number of unbranched alkanes of at least 4 members (excludes halogenated alkanes) is 3. The summed E-state index contributed by atoms with van der Waals surface area (Å²) in [5.74, 6) is -1.23. The molecular weight excluding hydrogens is 324 g/mol. The molecule has 1 N–H and O–H groups in total. The Morgan fingerprint density at radius 1 is 1.12 bits per heavy atom. The SMILES string of the molecule is CC1=C(C)C(=O)N(CCCCCCOc2cccnc2C(=O)O)C1=O. The van der Waals surface area contributed by atoms with Gasteiger partial charge in [-0.1, -0.05) is 12.8 Å². The van der Waals surface area contributed by atoms with Gasteiger partial charge in [-0.25, -0.2) is 9.78 Å². The summed E-state index contributed by atoms with van der Waals surface area (Å²) in [4.78, 5) is 39.9. The summed E-state index contributed by atoms with van der Waals surface area (Å²) in [6.45, 7) is 4.18. The Labute approximate surface area is 146 Å². The molecule has 0 aliphatic carbocycles. The van der Waals surface area contributed by atoms with Crippen LogP contribution in [0.5, 0.6) is 5.75 Å². The number of amides is 2. The molecule has 0 bridgehead atoms. The highest BCUT2D eigenvalue weighted by atomic mass is 16.5. The van der Waals surface area contributed by atoms with Gasteiger partial charge in [0.2, 0.25) is 0 Å². The molecule has 0 unspecified atom stereocenters. The number of ether oxygens (including phenoxy) is 1. The number of nitrogens with zero attached hydrogens (tertiary/aromatic N) is 2. The second kappa shape index (κ2) is 8.41. The molecule has 1 aliphatic heterocycles. The van der Waals surface area contributed by atoms with E-state index in [1.165, 1.54) is 11.1 Å². The first-order valence-corrected chi connectivity index (χ1v) is 8.28. The fourth-order valence-electron chi connectivity index (χ4n) is 2.60. The molecule has 0 fully saturated rings. The number of carboxylic acids is 1. The van der Waals surface area contributed by atoms with Crippen molar-refractivity contribution in [2.45, 2.75) is 39.5 Å². The Kier molecular flexibility index (Phi) is 6.27. The zero-order valence-corrected chi connectivity index (χ0v) is 14.4. The summed E-state index contributed by atoms with van der Waals surface area (Å²) in [7, 11) is 0. The van der Waals surface area contributed by atoms with E-state index in [2.05, 4.69) is 4.98 Å². The average Bonchev–Trinajstić information content (AvgIpc) is 2.78. The van der Waals surface area contributed by atoms with Crippen molar-refractivity contribution in [1.29, 1.82) is 0 Å². The van der Waals surface area contributed by atoms with Gasteiger partial charge in [0.25, 0.3) is 11.8 Å². The number of rotatable bonds is 9. The number of pyridine rings is 1. The predicted octanol–water partition coefficient (Wildman–Crippen LogP) is 2.42. The van der Waals surface area contributed by atoms with E-state index in [0.717, 1.165) is 25.7 Å². The third-order valence-corrected chi connectivity index (χ3v) is 4.20. The molecule has 25 heavy (non-hydrogen) atoms. The highest BCUT2D eigenvalue weighted by Crippen LogP contribution is 2.20. The molecule has 1 aromatic heterocycles. The Hall–Kier alpha value is -2.70. The molecule has 0 radical (unpaired) electrons. The van der Waals surface area contributed by atoms with Gasteiger partial charge in [-0.15, -0.1) is 0 Å². The van der Waals surface area contributed by atoms with Crippen molar-refractivity contribution in [3.8, 4) is 5.75 Å². The van der Waals surface area contributed by atoms with E-state index in [1.807, 2.05) is 0 Å². The zero-order valence-electron chi connectivity index (χ0n) is 14.4. The number of carbonyl (C=O) groups is 3. The van der Waals surface area contributed by atoms with Crippen LogP contribution >= 0.6 is 0 Å². The maximum Gasteiger partial charge on any atom is 0.358 e. The lowest BCUT2D eigenvalue weighted by molar-refractivity contribution is -0.137. The van der Waals surface area contributed by atoms with Crippen molar-refractivity contribution >= 4 is 17.8 Å². The van der Waals surface area contributed by atoms with Gasteiger partial charge in [0.15, 0.2) is 11.4 Å². The van der Waals surface area contributed by atoms with Gasteiger partial charge in [0.05, 0.1) is 6.61 Å². The van der Waals surface area contributed by atoms with Crippen LogP contribution in [-0.2, 0) is 9.59 Å².